The van der Waals surface area contributed by atoms with E-state index in [1.807, 2.05) is 24.3 Å². The molecule has 0 aliphatic heterocycles. The summed E-state index contributed by atoms with van der Waals surface area (Å²) in [4.78, 5) is 24.5. The molecule has 0 saturated heterocycles. The molecule has 0 atom stereocenters. The van der Waals surface area contributed by atoms with E-state index < -0.39 is 17.7 Å². The second kappa shape index (κ2) is 7.69. The molecule has 4 aromatic rings. The van der Waals surface area contributed by atoms with Crippen LogP contribution in [0.15, 0.2) is 60.7 Å². The first kappa shape index (κ1) is 19.2. The summed E-state index contributed by atoms with van der Waals surface area (Å²) < 4.78 is 15.6. The molecule has 1 amide bonds. The van der Waals surface area contributed by atoms with Gasteiger partial charge >= 0.3 is 5.97 Å². The second-order valence-corrected chi connectivity index (χ2v) is 7.74. The molecule has 0 spiro atoms. The lowest BCUT2D eigenvalue weighted by molar-refractivity contribution is -0.136. The Kier molecular flexibility index (Phi) is 5.08. The number of nitrogens with zero attached hydrogens (tertiary/aromatic N) is 1. The molecular formula is C21H14ClFN2O3S. The second-order valence-electron chi connectivity index (χ2n) is 6.30. The molecule has 0 saturated carbocycles. The van der Waals surface area contributed by atoms with Gasteiger partial charge in [-0.1, -0.05) is 29.8 Å². The molecule has 0 radical (unpaired) electrons. The fourth-order valence-electron chi connectivity index (χ4n) is 3.06. The molecule has 8 heteroatoms. The molecule has 0 unspecified atom stereocenters. The normalized spacial score (nSPS) is 11.0. The largest absolute Gasteiger partial charge is 0.481 e. The number of amides is 1. The van der Waals surface area contributed by atoms with Gasteiger partial charge in [-0.25, -0.2) is 4.39 Å². The molecule has 2 N–H and O–H groups in total. The lowest BCUT2D eigenvalue weighted by Crippen LogP contribution is -2.25. The number of rotatable bonds is 5. The molecular weight excluding hydrogens is 415 g/mol. The molecule has 5 nitrogen and oxygen atoms in total. The van der Waals surface area contributed by atoms with E-state index in [9.17, 15) is 19.1 Å². The lowest BCUT2D eigenvalue weighted by Gasteiger charge is -2.14. The summed E-state index contributed by atoms with van der Waals surface area (Å²) in [6, 6.07) is 16.4. The van der Waals surface area contributed by atoms with Crippen molar-refractivity contribution >= 4 is 44.9 Å². The minimum absolute atomic E-state index is 0.290. The Labute approximate surface area is 173 Å². The average molecular weight is 429 g/mol. The van der Waals surface area contributed by atoms with Crippen LogP contribution >= 0.6 is 22.9 Å². The number of thiophene rings is 1. The summed E-state index contributed by atoms with van der Waals surface area (Å²) >= 11 is 7.65. The minimum Gasteiger partial charge on any atom is -0.481 e. The van der Waals surface area contributed by atoms with Crippen molar-refractivity contribution < 1.29 is 19.1 Å². The van der Waals surface area contributed by atoms with Gasteiger partial charge in [-0.3, -0.25) is 19.7 Å². The number of carboxylic acids is 1. The van der Waals surface area contributed by atoms with Gasteiger partial charge in [0.1, 0.15) is 10.7 Å². The van der Waals surface area contributed by atoms with Crippen molar-refractivity contribution in [1.29, 1.82) is 0 Å². The third-order valence-electron chi connectivity index (χ3n) is 4.39. The molecule has 146 valence electrons. The zero-order valence-corrected chi connectivity index (χ0v) is 16.4. The van der Waals surface area contributed by atoms with Gasteiger partial charge in [0.15, 0.2) is 0 Å². The van der Waals surface area contributed by atoms with Crippen LogP contribution in [0.25, 0.3) is 21.3 Å². The van der Waals surface area contributed by atoms with E-state index in [1.54, 1.807) is 24.3 Å². The fourth-order valence-corrected chi connectivity index (χ4v) is 4.47. The summed E-state index contributed by atoms with van der Waals surface area (Å²) in [6.45, 7) is 0. The number of hydrogen-bond acceptors (Lipinski definition) is 3. The lowest BCUT2D eigenvalue weighted by atomic mass is 10.1. The highest BCUT2D eigenvalue weighted by molar-refractivity contribution is 7.21. The van der Waals surface area contributed by atoms with Gasteiger partial charge in [0.25, 0.3) is 5.91 Å². The standard InChI is InChI=1S/C21H14ClFN2O3S/c22-19-15-3-1-2-4-17(15)29-20(19)21(28)24-25-14(11-18(26)27)9-10-16(25)12-5-7-13(23)8-6-12/h1-10H,11H2,(H,24,28)(H,26,27). The number of nitrogens with one attached hydrogen (secondary N) is 1. The first-order chi connectivity index (χ1) is 13.9. The Hall–Kier alpha value is -3.16. The Bertz CT molecular complexity index is 1230. The van der Waals surface area contributed by atoms with Gasteiger partial charge in [-0.05, 0) is 42.5 Å². The highest BCUT2D eigenvalue weighted by atomic mass is 35.5. The van der Waals surface area contributed by atoms with Crippen LogP contribution in [0.1, 0.15) is 15.4 Å². The third-order valence-corrected chi connectivity index (χ3v) is 6.06. The summed E-state index contributed by atoms with van der Waals surface area (Å²) in [5.74, 6) is -1.88. The van der Waals surface area contributed by atoms with Crippen LogP contribution in [0.2, 0.25) is 5.02 Å². The van der Waals surface area contributed by atoms with Crippen LogP contribution in [0.5, 0.6) is 0 Å². The number of halogens is 2. The van der Waals surface area contributed by atoms with Crippen LogP contribution in [0, 0.1) is 5.82 Å². The highest BCUT2D eigenvalue weighted by Crippen LogP contribution is 2.35. The van der Waals surface area contributed by atoms with E-state index in [4.69, 9.17) is 11.6 Å². The van der Waals surface area contributed by atoms with E-state index in [-0.39, 0.29) is 6.42 Å². The van der Waals surface area contributed by atoms with E-state index >= 15 is 0 Å². The Balaban J connectivity index is 1.75. The van der Waals surface area contributed by atoms with Gasteiger partial charge < -0.3 is 5.11 Å². The van der Waals surface area contributed by atoms with Crippen LogP contribution in [-0.4, -0.2) is 21.7 Å². The van der Waals surface area contributed by atoms with Crippen molar-refractivity contribution in [3.05, 3.63) is 82.1 Å². The topological polar surface area (TPSA) is 71.3 Å². The summed E-state index contributed by atoms with van der Waals surface area (Å²) in [5, 5.41) is 10.3. The van der Waals surface area contributed by atoms with Gasteiger partial charge in [-0.15, -0.1) is 11.3 Å². The van der Waals surface area contributed by atoms with E-state index in [2.05, 4.69) is 5.43 Å². The molecule has 2 aromatic carbocycles. The number of benzene rings is 2. The molecule has 4 rings (SSSR count). The number of aliphatic carboxylic acids is 1. The molecule has 2 aromatic heterocycles. The van der Waals surface area contributed by atoms with Crippen LogP contribution in [0.4, 0.5) is 4.39 Å². The van der Waals surface area contributed by atoms with E-state index in [0.717, 1.165) is 10.1 Å². The maximum atomic E-state index is 13.3. The van der Waals surface area contributed by atoms with Gasteiger partial charge in [-0.2, -0.15) is 0 Å². The molecule has 29 heavy (non-hydrogen) atoms. The predicted molar refractivity (Wildman–Crippen MR) is 112 cm³/mol. The zero-order chi connectivity index (χ0) is 20.5. The van der Waals surface area contributed by atoms with Crippen LogP contribution in [-0.2, 0) is 11.2 Å². The maximum absolute atomic E-state index is 13.3. The summed E-state index contributed by atoms with van der Waals surface area (Å²) in [6.07, 6.45) is -0.290. The number of carboxylic acid groups (broad SMARTS) is 1. The summed E-state index contributed by atoms with van der Waals surface area (Å²) in [5.41, 5.74) is 4.28. The van der Waals surface area contributed by atoms with Crippen molar-refractivity contribution in [1.82, 2.24) is 4.68 Å². The number of fused-ring (bicyclic) bond motifs is 1. The molecule has 0 aliphatic rings. The van der Waals surface area contributed by atoms with Crippen molar-refractivity contribution in [3.8, 4) is 11.3 Å². The van der Waals surface area contributed by atoms with Crippen LogP contribution < -0.4 is 5.43 Å². The monoisotopic (exact) mass is 428 g/mol. The zero-order valence-electron chi connectivity index (χ0n) is 14.9. The highest BCUT2D eigenvalue weighted by Gasteiger charge is 2.20. The Morgan fingerprint density at radius 2 is 1.79 bits per heavy atom. The predicted octanol–water partition coefficient (Wildman–Crippen LogP) is 5.17. The number of aromatic nitrogens is 1. The molecule has 0 fully saturated rings. The van der Waals surface area contributed by atoms with Gasteiger partial charge in [0, 0.05) is 15.6 Å². The third kappa shape index (κ3) is 3.74. The van der Waals surface area contributed by atoms with Crippen molar-refractivity contribution in [2.24, 2.45) is 0 Å². The fraction of sp³-hybridized carbons (Fsp3) is 0.0476. The maximum Gasteiger partial charge on any atom is 0.309 e. The van der Waals surface area contributed by atoms with Gasteiger partial charge in [0.2, 0.25) is 0 Å². The minimum atomic E-state index is -1.04. The Morgan fingerprint density at radius 1 is 1.07 bits per heavy atom. The number of hydrogen-bond donors (Lipinski definition) is 2. The first-order valence-corrected chi connectivity index (χ1v) is 9.80. The summed E-state index contributed by atoms with van der Waals surface area (Å²) in [7, 11) is 0. The number of carbonyl (C=O) groups is 2. The Morgan fingerprint density at radius 3 is 2.48 bits per heavy atom. The molecule has 0 bridgehead atoms. The quantitative estimate of drug-likeness (QED) is 0.460. The van der Waals surface area contributed by atoms with Crippen molar-refractivity contribution in [2.45, 2.75) is 6.42 Å². The average Bonchev–Trinajstić information content (AvgIpc) is 3.24. The van der Waals surface area contributed by atoms with E-state index in [1.165, 1.54) is 28.1 Å². The SMILES string of the molecule is O=C(O)Cc1ccc(-c2ccc(F)cc2)n1NC(=O)c1sc2ccccc2c1Cl. The molecule has 0 aliphatic carbocycles. The van der Waals surface area contributed by atoms with E-state index in [0.29, 0.717) is 26.9 Å². The van der Waals surface area contributed by atoms with Crippen molar-refractivity contribution in [3.63, 3.8) is 0 Å². The van der Waals surface area contributed by atoms with Crippen molar-refractivity contribution in [2.75, 3.05) is 5.43 Å². The van der Waals surface area contributed by atoms with Gasteiger partial charge in [0.05, 0.1) is 22.8 Å². The molecule has 2 heterocycles. The first-order valence-electron chi connectivity index (χ1n) is 8.61. The van der Waals surface area contributed by atoms with Crippen LogP contribution in [0.3, 0.4) is 0 Å². The number of carbonyl (C=O) groups excluding carboxylic acids is 1. The smallest absolute Gasteiger partial charge is 0.309 e.